The zero-order valence-electron chi connectivity index (χ0n) is 8.28. The first-order valence-electron chi connectivity index (χ1n) is 4.77. The normalized spacial score (nSPS) is 15.1. The Kier molecular flexibility index (Phi) is 5.44. The highest BCUT2D eigenvalue weighted by atomic mass is 127. The van der Waals surface area contributed by atoms with Crippen LogP contribution in [0.1, 0.15) is 12.5 Å². The van der Waals surface area contributed by atoms with Crippen LogP contribution < -0.4 is 5.32 Å². The number of rotatable bonds is 5. The zero-order valence-corrected chi connectivity index (χ0v) is 10.4. The molecule has 0 heterocycles. The average Bonchev–Trinajstić information content (AvgIpc) is 2.17. The van der Waals surface area contributed by atoms with Gasteiger partial charge in [0.15, 0.2) is 0 Å². The highest BCUT2D eigenvalue weighted by Crippen LogP contribution is 2.05. The largest absolute Gasteiger partial charge is 0.395 e. The monoisotopic (exact) mass is 305 g/mol. The van der Waals surface area contributed by atoms with E-state index >= 15 is 0 Å². The van der Waals surface area contributed by atoms with Crippen molar-refractivity contribution in [2.24, 2.45) is 0 Å². The van der Waals surface area contributed by atoms with Gasteiger partial charge in [-0.25, -0.2) is 0 Å². The van der Waals surface area contributed by atoms with Gasteiger partial charge in [0.05, 0.1) is 10.7 Å². The van der Waals surface area contributed by atoms with Crippen LogP contribution in [0.3, 0.4) is 0 Å². The highest BCUT2D eigenvalue weighted by Gasteiger charge is 2.09. The summed E-state index contributed by atoms with van der Waals surface area (Å²) >= 11 is 2.30. The Hall–Kier alpha value is -0.130. The van der Waals surface area contributed by atoms with Crippen LogP contribution in [0.4, 0.5) is 0 Å². The summed E-state index contributed by atoms with van der Waals surface area (Å²) in [6, 6.07) is 10.4. The van der Waals surface area contributed by atoms with Gasteiger partial charge in [0.1, 0.15) is 0 Å². The van der Waals surface area contributed by atoms with E-state index in [2.05, 4.69) is 47.0 Å². The summed E-state index contributed by atoms with van der Waals surface area (Å²) in [5.41, 5.74) is 1.26. The molecule has 0 radical (unpaired) electrons. The maximum Gasteiger partial charge on any atom is 0.0588 e. The summed E-state index contributed by atoms with van der Waals surface area (Å²) in [5.74, 6) is 0. The molecule has 78 valence electrons. The minimum Gasteiger partial charge on any atom is -0.395 e. The van der Waals surface area contributed by atoms with Gasteiger partial charge in [-0.2, -0.15) is 0 Å². The van der Waals surface area contributed by atoms with Crippen LogP contribution in [0, 0.1) is 0 Å². The van der Waals surface area contributed by atoms with Gasteiger partial charge in [-0.15, -0.1) is 0 Å². The lowest BCUT2D eigenvalue weighted by Crippen LogP contribution is -2.37. The second kappa shape index (κ2) is 6.37. The van der Waals surface area contributed by atoms with Crippen LogP contribution in [0.25, 0.3) is 0 Å². The molecule has 2 atom stereocenters. The van der Waals surface area contributed by atoms with Crippen molar-refractivity contribution in [1.29, 1.82) is 0 Å². The average molecular weight is 305 g/mol. The van der Waals surface area contributed by atoms with E-state index < -0.39 is 0 Å². The molecule has 2 nitrogen and oxygen atoms in total. The Morgan fingerprint density at radius 3 is 2.50 bits per heavy atom. The Labute approximate surface area is 98.9 Å². The van der Waals surface area contributed by atoms with Crippen molar-refractivity contribution >= 4 is 22.6 Å². The van der Waals surface area contributed by atoms with Gasteiger partial charge in [0.25, 0.3) is 0 Å². The molecular weight excluding hydrogens is 289 g/mol. The molecule has 0 bridgehead atoms. The number of benzene rings is 1. The molecule has 0 spiro atoms. The lowest BCUT2D eigenvalue weighted by Gasteiger charge is -2.18. The second-order valence-electron chi connectivity index (χ2n) is 3.35. The minimum atomic E-state index is 0.157. The first kappa shape index (κ1) is 11.9. The van der Waals surface area contributed by atoms with E-state index in [0.717, 1.165) is 6.42 Å². The predicted octanol–water partition coefficient (Wildman–Crippen LogP) is 1.96. The fourth-order valence-corrected chi connectivity index (χ4v) is 1.91. The molecule has 1 aromatic carbocycles. The third kappa shape index (κ3) is 4.39. The summed E-state index contributed by atoms with van der Waals surface area (Å²) in [7, 11) is 0. The van der Waals surface area contributed by atoms with Crippen LogP contribution in [0.5, 0.6) is 0 Å². The highest BCUT2D eigenvalue weighted by molar-refractivity contribution is 14.1. The van der Waals surface area contributed by atoms with Gasteiger partial charge in [-0.1, -0.05) is 52.9 Å². The molecule has 1 aromatic rings. The maximum absolute atomic E-state index is 9.17. The number of halogens is 1. The summed E-state index contributed by atoms with van der Waals surface area (Å²) in [6.07, 6.45) is 0.880. The Morgan fingerprint density at radius 2 is 2.00 bits per heavy atom. The van der Waals surface area contributed by atoms with Gasteiger partial charge in [0.2, 0.25) is 0 Å². The second-order valence-corrected chi connectivity index (χ2v) is 5.22. The van der Waals surface area contributed by atoms with Gasteiger partial charge in [0, 0.05) is 6.04 Å². The molecule has 0 aliphatic rings. The Balaban J connectivity index is 2.48. The number of hydrogen-bond acceptors (Lipinski definition) is 2. The van der Waals surface area contributed by atoms with Crippen LogP contribution in [-0.2, 0) is 6.42 Å². The smallest absolute Gasteiger partial charge is 0.0588 e. The van der Waals surface area contributed by atoms with Crippen molar-refractivity contribution in [3.05, 3.63) is 35.9 Å². The summed E-state index contributed by atoms with van der Waals surface area (Å²) in [4.78, 5) is 0. The van der Waals surface area contributed by atoms with Crippen molar-refractivity contribution in [3.63, 3.8) is 0 Å². The maximum atomic E-state index is 9.17. The van der Waals surface area contributed by atoms with Gasteiger partial charge >= 0.3 is 0 Å². The van der Waals surface area contributed by atoms with Crippen LogP contribution in [0.2, 0.25) is 0 Å². The zero-order chi connectivity index (χ0) is 10.4. The molecule has 0 aromatic heterocycles. The van der Waals surface area contributed by atoms with E-state index in [9.17, 15) is 5.11 Å². The molecular formula is C11H16INO. The Morgan fingerprint density at radius 1 is 1.36 bits per heavy atom. The first-order valence-corrected chi connectivity index (χ1v) is 6.02. The standard InChI is InChI=1S/C11H16INO/c1-9(12)13-11(8-14)7-10-5-3-2-4-6-10/h2-6,9,11,13-14H,7-8H2,1H3/t9-,11?/m0/s1. The molecule has 14 heavy (non-hydrogen) atoms. The molecule has 2 N–H and O–H groups in total. The van der Waals surface area contributed by atoms with Gasteiger partial charge < -0.3 is 10.4 Å². The summed E-state index contributed by atoms with van der Waals surface area (Å²) < 4.78 is 0.383. The van der Waals surface area contributed by atoms with E-state index in [4.69, 9.17) is 0 Å². The third-order valence-electron chi connectivity index (χ3n) is 2.01. The van der Waals surface area contributed by atoms with E-state index in [-0.39, 0.29) is 12.6 Å². The molecule has 1 rings (SSSR count). The third-order valence-corrected chi connectivity index (χ3v) is 2.37. The minimum absolute atomic E-state index is 0.157. The van der Waals surface area contributed by atoms with Gasteiger partial charge in [-0.05, 0) is 18.9 Å². The lowest BCUT2D eigenvalue weighted by molar-refractivity contribution is 0.242. The number of aliphatic hydroxyl groups excluding tert-OH is 1. The van der Waals surface area contributed by atoms with Crippen molar-refractivity contribution in [3.8, 4) is 0 Å². The molecule has 1 unspecified atom stereocenters. The topological polar surface area (TPSA) is 32.3 Å². The fraction of sp³-hybridized carbons (Fsp3) is 0.455. The number of hydrogen-bond donors (Lipinski definition) is 2. The molecule has 0 saturated carbocycles. The molecule has 0 amide bonds. The van der Waals surface area contributed by atoms with Crippen molar-refractivity contribution in [1.82, 2.24) is 5.32 Å². The van der Waals surface area contributed by atoms with E-state index in [0.29, 0.717) is 4.05 Å². The first-order chi connectivity index (χ1) is 6.72. The SMILES string of the molecule is C[C@@H](I)NC(CO)Cc1ccccc1. The van der Waals surface area contributed by atoms with Crippen LogP contribution >= 0.6 is 22.6 Å². The van der Waals surface area contributed by atoms with E-state index in [1.165, 1.54) is 5.56 Å². The number of nitrogens with one attached hydrogen (secondary N) is 1. The summed E-state index contributed by atoms with van der Waals surface area (Å²) in [6.45, 7) is 2.26. The van der Waals surface area contributed by atoms with Crippen LogP contribution in [-0.4, -0.2) is 21.8 Å². The number of alkyl halides is 1. The molecule has 3 heteroatoms. The quantitative estimate of drug-likeness (QED) is 0.495. The van der Waals surface area contributed by atoms with Crippen molar-refractivity contribution in [2.45, 2.75) is 23.4 Å². The van der Waals surface area contributed by atoms with E-state index in [1.54, 1.807) is 0 Å². The summed E-state index contributed by atoms with van der Waals surface area (Å²) in [5, 5.41) is 12.5. The van der Waals surface area contributed by atoms with Crippen molar-refractivity contribution < 1.29 is 5.11 Å². The van der Waals surface area contributed by atoms with Crippen LogP contribution in [0.15, 0.2) is 30.3 Å². The predicted molar refractivity (Wildman–Crippen MR) is 67.6 cm³/mol. The molecule has 0 aliphatic carbocycles. The molecule has 0 aliphatic heterocycles. The Bertz CT molecular complexity index is 251. The molecule has 0 saturated heterocycles. The number of aliphatic hydroxyl groups is 1. The van der Waals surface area contributed by atoms with E-state index in [1.807, 2.05) is 18.2 Å². The van der Waals surface area contributed by atoms with Gasteiger partial charge in [-0.3, -0.25) is 0 Å². The lowest BCUT2D eigenvalue weighted by atomic mass is 10.1. The molecule has 0 fully saturated rings. The fourth-order valence-electron chi connectivity index (χ4n) is 1.40. The van der Waals surface area contributed by atoms with Crippen molar-refractivity contribution in [2.75, 3.05) is 6.61 Å².